The minimum atomic E-state index is -0.978. The smallest absolute Gasteiger partial charge is 0.408 e. The standard InChI is InChI=1S/C33H47N3O5/c1-7-10-22(3)34-30(38)29(25-17-13-23(8-2)14-18-25)36(26-11-9-12-26)31(39)28(35-32(40)41-33(4,5)6)21-24-15-19-27(37)20-16-24/h13-20,22,26,28-29,37H,7-12,21H2,1-6H3,(H,34,38)(H,35,40). The third-order valence-corrected chi connectivity index (χ3v) is 7.43. The Hall–Kier alpha value is -3.55. The second-order valence-corrected chi connectivity index (χ2v) is 12.1. The molecule has 8 nitrogen and oxygen atoms in total. The summed E-state index contributed by atoms with van der Waals surface area (Å²) in [6, 6.07) is 12.4. The number of alkyl carbamates (subject to hydrolysis) is 1. The first kappa shape index (κ1) is 32.0. The zero-order valence-corrected chi connectivity index (χ0v) is 25.4. The van der Waals surface area contributed by atoms with Crippen molar-refractivity contribution >= 4 is 17.9 Å². The second-order valence-electron chi connectivity index (χ2n) is 12.1. The normalized spacial score (nSPS) is 15.7. The van der Waals surface area contributed by atoms with Crippen molar-refractivity contribution in [2.75, 3.05) is 0 Å². The first-order valence-corrected chi connectivity index (χ1v) is 14.9. The summed E-state index contributed by atoms with van der Waals surface area (Å²) in [6.07, 6.45) is 4.63. The van der Waals surface area contributed by atoms with Crippen molar-refractivity contribution in [2.45, 2.75) is 116 Å². The molecule has 1 fully saturated rings. The van der Waals surface area contributed by atoms with Crippen LogP contribution in [-0.2, 0) is 27.2 Å². The molecule has 0 saturated heterocycles. The lowest BCUT2D eigenvalue weighted by molar-refractivity contribution is -0.147. The monoisotopic (exact) mass is 565 g/mol. The van der Waals surface area contributed by atoms with Crippen LogP contribution in [-0.4, -0.2) is 51.6 Å². The number of carbonyl (C=O) groups is 3. The van der Waals surface area contributed by atoms with E-state index in [1.807, 2.05) is 31.2 Å². The van der Waals surface area contributed by atoms with Crippen LogP contribution in [0.4, 0.5) is 4.79 Å². The number of aryl methyl sites for hydroxylation is 1. The molecule has 224 valence electrons. The maximum Gasteiger partial charge on any atom is 0.408 e. The number of phenols is 1. The van der Waals surface area contributed by atoms with Gasteiger partial charge in [-0.25, -0.2) is 4.79 Å². The van der Waals surface area contributed by atoms with E-state index in [1.54, 1.807) is 49.9 Å². The van der Waals surface area contributed by atoms with Crippen LogP contribution in [0.1, 0.15) is 96.4 Å². The Bertz CT molecular complexity index is 1150. The topological polar surface area (TPSA) is 108 Å². The van der Waals surface area contributed by atoms with Crippen molar-refractivity contribution in [1.29, 1.82) is 0 Å². The van der Waals surface area contributed by atoms with E-state index in [4.69, 9.17) is 4.74 Å². The number of benzene rings is 2. The summed E-state index contributed by atoms with van der Waals surface area (Å²) in [4.78, 5) is 43.1. The predicted octanol–water partition coefficient (Wildman–Crippen LogP) is 5.82. The molecule has 3 atom stereocenters. The Morgan fingerprint density at radius 1 is 0.976 bits per heavy atom. The molecular formula is C33H47N3O5. The molecular weight excluding hydrogens is 518 g/mol. The van der Waals surface area contributed by atoms with Gasteiger partial charge in [-0.1, -0.05) is 56.7 Å². The van der Waals surface area contributed by atoms with Gasteiger partial charge in [0.05, 0.1) is 0 Å². The number of amides is 3. The van der Waals surface area contributed by atoms with Crippen LogP contribution in [0.15, 0.2) is 48.5 Å². The zero-order valence-electron chi connectivity index (χ0n) is 25.4. The van der Waals surface area contributed by atoms with E-state index in [2.05, 4.69) is 24.5 Å². The van der Waals surface area contributed by atoms with Crippen LogP contribution in [0.2, 0.25) is 0 Å². The van der Waals surface area contributed by atoms with Gasteiger partial charge in [0, 0.05) is 18.5 Å². The fourth-order valence-electron chi connectivity index (χ4n) is 5.08. The molecule has 0 spiro atoms. The molecule has 0 aliphatic heterocycles. The number of phenolic OH excluding ortho intramolecular Hbond substituents is 1. The molecule has 0 heterocycles. The summed E-state index contributed by atoms with van der Waals surface area (Å²) in [6.45, 7) is 11.4. The Labute approximate surface area is 244 Å². The lowest BCUT2D eigenvalue weighted by atomic mass is 9.87. The van der Waals surface area contributed by atoms with E-state index in [1.165, 1.54) is 0 Å². The Morgan fingerprint density at radius 2 is 1.59 bits per heavy atom. The maximum absolute atomic E-state index is 14.5. The Morgan fingerprint density at radius 3 is 2.10 bits per heavy atom. The van der Waals surface area contributed by atoms with Crippen LogP contribution in [0, 0.1) is 0 Å². The zero-order chi connectivity index (χ0) is 30.2. The summed E-state index contributed by atoms with van der Waals surface area (Å²) in [5, 5.41) is 15.7. The molecule has 2 aromatic rings. The second kappa shape index (κ2) is 14.4. The number of carbonyl (C=O) groups excluding carboxylic acids is 3. The molecule has 8 heteroatoms. The molecule has 0 radical (unpaired) electrons. The summed E-state index contributed by atoms with van der Waals surface area (Å²) in [5.41, 5.74) is 1.90. The maximum atomic E-state index is 14.5. The Balaban J connectivity index is 2.04. The van der Waals surface area contributed by atoms with E-state index in [0.29, 0.717) is 0 Å². The van der Waals surface area contributed by atoms with E-state index in [9.17, 15) is 19.5 Å². The Kier molecular flexibility index (Phi) is 11.2. The number of hydrogen-bond acceptors (Lipinski definition) is 5. The molecule has 2 aromatic carbocycles. The van der Waals surface area contributed by atoms with Crippen LogP contribution >= 0.6 is 0 Å². The number of hydrogen-bond donors (Lipinski definition) is 3. The van der Waals surface area contributed by atoms with Gasteiger partial charge in [0.1, 0.15) is 23.4 Å². The SMILES string of the molecule is CCCC(C)NC(=O)C(c1ccc(CC)cc1)N(C(=O)C(Cc1ccc(O)cc1)NC(=O)OC(C)(C)C)C1CCC1. The van der Waals surface area contributed by atoms with E-state index >= 15 is 0 Å². The highest BCUT2D eigenvalue weighted by Crippen LogP contribution is 2.34. The molecule has 1 saturated carbocycles. The van der Waals surface area contributed by atoms with Gasteiger partial charge in [-0.05, 0) is 88.6 Å². The van der Waals surface area contributed by atoms with E-state index < -0.39 is 23.8 Å². The van der Waals surface area contributed by atoms with Gasteiger partial charge in [-0.2, -0.15) is 0 Å². The molecule has 0 aromatic heterocycles. The quantitative estimate of drug-likeness (QED) is 0.301. The van der Waals surface area contributed by atoms with Crippen LogP contribution in [0.5, 0.6) is 5.75 Å². The van der Waals surface area contributed by atoms with E-state index in [-0.39, 0.29) is 36.1 Å². The highest BCUT2D eigenvalue weighted by atomic mass is 16.6. The molecule has 3 unspecified atom stereocenters. The van der Waals surface area contributed by atoms with Gasteiger partial charge >= 0.3 is 6.09 Å². The molecule has 3 amide bonds. The van der Waals surface area contributed by atoms with Gasteiger partial charge in [-0.3, -0.25) is 9.59 Å². The molecule has 41 heavy (non-hydrogen) atoms. The summed E-state index contributed by atoms with van der Waals surface area (Å²) in [5.74, 6) is -0.450. The molecule has 3 N–H and O–H groups in total. The predicted molar refractivity (Wildman–Crippen MR) is 161 cm³/mol. The fraction of sp³-hybridized carbons (Fsp3) is 0.545. The molecule has 1 aliphatic rings. The van der Waals surface area contributed by atoms with Crippen LogP contribution < -0.4 is 10.6 Å². The van der Waals surface area contributed by atoms with Crippen molar-refractivity contribution < 1.29 is 24.2 Å². The number of ether oxygens (including phenoxy) is 1. The third kappa shape index (κ3) is 9.23. The average Bonchev–Trinajstić information content (AvgIpc) is 2.87. The highest BCUT2D eigenvalue weighted by molar-refractivity contribution is 5.92. The first-order valence-electron chi connectivity index (χ1n) is 14.9. The number of aromatic hydroxyl groups is 1. The van der Waals surface area contributed by atoms with Crippen molar-refractivity contribution in [3.05, 3.63) is 65.2 Å². The van der Waals surface area contributed by atoms with Crippen LogP contribution in [0.3, 0.4) is 0 Å². The van der Waals surface area contributed by atoms with Gasteiger partial charge in [0.25, 0.3) is 0 Å². The molecule has 0 bridgehead atoms. The van der Waals surface area contributed by atoms with Crippen molar-refractivity contribution in [1.82, 2.24) is 15.5 Å². The molecule has 1 aliphatic carbocycles. The third-order valence-electron chi connectivity index (χ3n) is 7.43. The summed E-state index contributed by atoms with van der Waals surface area (Å²) < 4.78 is 5.51. The molecule has 3 rings (SSSR count). The van der Waals surface area contributed by atoms with E-state index in [0.717, 1.165) is 55.2 Å². The van der Waals surface area contributed by atoms with Gasteiger partial charge in [0.15, 0.2) is 0 Å². The lowest BCUT2D eigenvalue weighted by Gasteiger charge is -2.44. The van der Waals surface area contributed by atoms with Crippen molar-refractivity contribution in [3.8, 4) is 5.75 Å². The lowest BCUT2D eigenvalue weighted by Crippen LogP contribution is -2.58. The summed E-state index contributed by atoms with van der Waals surface area (Å²) >= 11 is 0. The number of nitrogens with zero attached hydrogens (tertiary/aromatic N) is 1. The van der Waals surface area contributed by atoms with Gasteiger partial charge in [0.2, 0.25) is 11.8 Å². The summed E-state index contributed by atoms with van der Waals surface area (Å²) in [7, 11) is 0. The number of nitrogens with one attached hydrogen (secondary N) is 2. The van der Waals surface area contributed by atoms with Crippen LogP contribution in [0.25, 0.3) is 0 Å². The average molecular weight is 566 g/mol. The fourth-order valence-corrected chi connectivity index (χ4v) is 5.08. The minimum absolute atomic E-state index is 0.0454. The van der Waals surface area contributed by atoms with Gasteiger partial charge < -0.3 is 25.4 Å². The highest BCUT2D eigenvalue weighted by Gasteiger charge is 2.42. The minimum Gasteiger partial charge on any atom is -0.508 e. The van der Waals surface area contributed by atoms with Gasteiger partial charge in [-0.15, -0.1) is 0 Å². The van der Waals surface area contributed by atoms with Crippen molar-refractivity contribution in [3.63, 3.8) is 0 Å². The number of rotatable bonds is 12. The largest absolute Gasteiger partial charge is 0.508 e. The first-order chi connectivity index (χ1) is 19.4. The van der Waals surface area contributed by atoms with Crippen molar-refractivity contribution in [2.24, 2.45) is 0 Å².